The molecule has 1 aromatic rings. The van der Waals surface area contributed by atoms with Gasteiger partial charge in [-0.05, 0) is 38.8 Å². The summed E-state index contributed by atoms with van der Waals surface area (Å²) in [7, 11) is 0. The quantitative estimate of drug-likeness (QED) is 0.372. The second kappa shape index (κ2) is 9.21. The van der Waals surface area contributed by atoms with Gasteiger partial charge in [0.15, 0.2) is 6.04 Å². The molecule has 0 saturated heterocycles. The SMILES string of the molecule is CC(=O)NC(C(=O)OC(C)(C)C)C(C(O)C[N+](=O)[O-])N1CCc2ccccc2C1=O. The van der Waals surface area contributed by atoms with Crippen LogP contribution in [0.5, 0.6) is 0 Å². The van der Waals surface area contributed by atoms with Crippen molar-refractivity contribution in [2.75, 3.05) is 13.1 Å². The fourth-order valence-corrected chi connectivity index (χ4v) is 3.47. The van der Waals surface area contributed by atoms with Crippen molar-refractivity contribution in [2.24, 2.45) is 0 Å². The van der Waals surface area contributed by atoms with Gasteiger partial charge in [0.2, 0.25) is 12.5 Å². The number of nitrogens with zero attached hydrogens (tertiary/aromatic N) is 2. The van der Waals surface area contributed by atoms with Gasteiger partial charge in [-0.25, -0.2) is 4.79 Å². The summed E-state index contributed by atoms with van der Waals surface area (Å²) in [6.45, 7) is 5.26. The maximum absolute atomic E-state index is 13.1. The molecule has 10 heteroatoms. The third-order valence-corrected chi connectivity index (χ3v) is 4.58. The Labute approximate surface area is 174 Å². The standard InChI is InChI=1S/C20H27N3O7/c1-12(24)21-16(19(27)30-20(2,3)4)17(15(25)11-23(28)29)22-10-9-13-7-5-6-8-14(13)18(22)26/h5-8,15-17,25H,9-11H2,1-4H3,(H,21,24). The van der Waals surface area contributed by atoms with Crippen molar-refractivity contribution >= 4 is 17.8 Å². The van der Waals surface area contributed by atoms with E-state index in [0.717, 1.165) is 5.56 Å². The van der Waals surface area contributed by atoms with Crippen molar-refractivity contribution in [3.05, 3.63) is 45.5 Å². The minimum absolute atomic E-state index is 0.119. The number of fused-ring (bicyclic) bond motifs is 1. The lowest BCUT2D eigenvalue weighted by Gasteiger charge is -2.40. The van der Waals surface area contributed by atoms with Crippen molar-refractivity contribution in [2.45, 2.75) is 57.9 Å². The first-order valence-corrected chi connectivity index (χ1v) is 9.59. The van der Waals surface area contributed by atoms with Crippen molar-refractivity contribution in [1.29, 1.82) is 0 Å². The number of nitrogens with one attached hydrogen (secondary N) is 1. The molecule has 0 saturated carbocycles. The lowest BCUT2D eigenvalue weighted by molar-refractivity contribution is -0.491. The van der Waals surface area contributed by atoms with E-state index in [9.17, 15) is 29.6 Å². The molecule has 1 heterocycles. The van der Waals surface area contributed by atoms with Gasteiger partial charge >= 0.3 is 5.97 Å². The van der Waals surface area contributed by atoms with Crippen molar-refractivity contribution < 1.29 is 29.2 Å². The molecule has 3 unspecified atom stereocenters. The summed E-state index contributed by atoms with van der Waals surface area (Å²) < 4.78 is 5.36. The number of ether oxygens (including phenoxy) is 1. The number of aliphatic hydroxyl groups is 1. The summed E-state index contributed by atoms with van der Waals surface area (Å²) in [6.07, 6.45) is -1.27. The molecule has 2 rings (SSSR count). The van der Waals surface area contributed by atoms with Crippen LogP contribution in [0, 0.1) is 10.1 Å². The molecule has 30 heavy (non-hydrogen) atoms. The van der Waals surface area contributed by atoms with E-state index in [2.05, 4.69) is 5.32 Å². The van der Waals surface area contributed by atoms with E-state index in [1.54, 1.807) is 45.0 Å². The van der Waals surface area contributed by atoms with E-state index >= 15 is 0 Å². The van der Waals surface area contributed by atoms with E-state index in [0.29, 0.717) is 12.0 Å². The fraction of sp³-hybridized carbons (Fsp3) is 0.550. The van der Waals surface area contributed by atoms with E-state index < -0.39 is 53.0 Å². The van der Waals surface area contributed by atoms with Gasteiger partial charge in [0.25, 0.3) is 5.91 Å². The number of aliphatic hydroxyl groups excluding tert-OH is 1. The predicted octanol–water partition coefficient (Wildman–Crippen LogP) is 0.538. The van der Waals surface area contributed by atoms with Gasteiger partial charge in [-0.3, -0.25) is 19.7 Å². The maximum atomic E-state index is 13.1. The number of nitro groups is 1. The molecule has 0 fully saturated rings. The zero-order valence-electron chi connectivity index (χ0n) is 17.5. The second-order valence-corrected chi connectivity index (χ2v) is 8.19. The Kier molecular flexibility index (Phi) is 7.14. The van der Waals surface area contributed by atoms with Gasteiger partial charge < -0.3 is 20.1 Å². The first-order valence-electron chi connectivity index (χ1n) is 9.59. The van der Waals surface area contributed by atoms with Crippen LogP contribution < -0.4 is 5.32 Å². The number of benzene rings is 1. The highest BCUT2D eigenvalue weighted by atomic mass is 16.6. The summed E-state index contributed by atoms with van der Waals surface area (Å²) in [5.74, 6) is -1.98. The van der Waals surface area contributed by atoms with Crippen LogP contribution in [-0.4, -0.2) is 69.6 Å². The monoisotopic (exact) mass is 421 g/mol. The van der Waals surface area contributed by atoms with Gasteiger partial charge in [-0.2, -0.15) is 0 Å². The highest BCUT2D eigenvalue weighted by Crippen LogP contribution is 2.24. The first-order chi connectivity index (χ1) is 13.9. The van der Waals surface area contributed by atoms with Crippen molar-refractivity contribution in [3.63, 3.8) is 0 Å². The molecule has 10 nitrogen and oxygen atoms in total. The molecule has 1 aliphatic rings. The van der Waals surface area contributed by atoms with Crippen LogP contribution in [-0.2, 0) is 20.7 Å². The van der Waals surface area contributed by atoms with Crippen LogP contribution in [0.25, 0.3) is 0 Å². The highest BCUT2D eigenvalue weighted by Gasteiger charge is 2.45. The molecule has 0 spiro atoms. The Bertz CT molecular complexity index is 834. The molecule has 2 N–H and O–H groups in total. The summed E-state index contributed by atoms with van der Waals surface area (Å²) in [4.78, 5) is 49.3. The highest BCUT2D eigenvalue weighted by molar-refractivity contribution is 5.97. The molecular formula is C20H27N3O7. The van der Waals surface area contributed by atoms with E-state index in [1.165, 1.54) is 11.8 Å². The molecule has 1 aromatic carbocycles. The third kappa shape index (κ3) is 5.76. The zero-order chi connectivity index (χ0) is 22.6. The van der Waals surface area contributed by atoms with Gasteiger partial charge in [0.05, 0.1) is 6.04 Å². The van der Waals surface area contributed by atoms with Crippen LogP contribution >= 0.6 is 0 Å². The number of hydrogen-bond donors (Lipinski definition) is 2. The average Bonchev–Trinajstić information content (AvgIpc) is 2.60. The minimum Gasteiger partial charge on any atom is -0.458 e. The minimum atomic E-state index is -1.71. The van der Waals surface area contributed by atoms with Crippen LogP contribution in [0.4, 0.5) is 0 Å². The molecule has 3 atom stereocenters. The molecule has 2 amide bonds. The molecular weight excluding hydrogens is 394 g/mol. The number of rotatable bonds is 7. The summed E-state index contributed by atoms with van der Waals surface area (Å²) in [5, 5.41) is 24.1. The van der Waals surface area contributed by atoms with E-state index in [1.807, 2.05) is 0 Å². The summed E-state index contributed by atoms with van der Waals surface area (Å²) in [5.41, 5.74) is 0.271. The van der Waals surface area contributed by atoms with Crippen LogP contribution in [0.2, 0.25) is 0 Å². The number of hydrogen-bond acceptors (Lipinski definition) is 7. The third-order valence-electron chi connectivity index (χ3n) is 4.58. The Morgan fingerprint density at radius 3 is 2.53 bits per heavy atom. The largest absolute Gasteiger partial charge is 0.458 e. The lowest BCUT2D eigenvalue weighted by atomic mass is 9.93. The molecule has 0 aromatic heterocycles. The second-order valence-electron chi connectivity index (χ2n) is 8.19. The van der Waals surface area contributed by atoms with Gasteiger partial charge in [0.1, 0.15) is 11.7 Å². The number of esters is 1. The van der Waals surface area contributed by atoms with E-state index in [4.69, 9.17) is 4.74 Å². The summed E-state index contributed by atoms with van der Waals surface area (Å²) in [6, 6.07) is 4.03. The van der Waals surface area contributed by atoms with Gasteiger partial charge in [0, 0.05) is 24.0 Å². The normalized spacial score (nSPS) is 16.8. The van der Waals surface area contributed by atoms with Crippen LogP contribution in [0.15, 0.2) is 24.3 Å². The van der Waals surface area contributed by atoms with E-state index in [-0.39, 0.29) is 6.54 Å². The smallest absolute Gasteiger partial charge is 0.331 e. The Morgan fingerprint density at radius 1 is 1.33 bits per heavy atom. The molecule has 0 radical (unpaired) electrons. The predicted molar refractivity (Wildman–Crippen MR) is 106 cm³/mol. The zero-order valence-corrected chi connectivity index (χ0v) is 17.5. The topological polar surface area (TPSA) is 139 Å². The number of amides is 2. The van der Waals surface area contributed by atoms with Crippen LogP contribution in [0.1, 0.15) is 43.6 Å². The number of carbonyl (C=O) groups excluding carboxylic acids is 3. The Balaban J connectivity index is 2.48. The summed E-state index contributed by atoms with van der Waals surface area (Å²) >= 11 is 0. The van der Waals surface area contributed by atoms with Crippen molar-refractivity contribution in [3.8, 4) is 0 Å². The fourth-order valence-electron chi connectivity index (χ4n) is 3.47. The molecule has 0 bridgehead atoms. The van der Waals surface area contributed by atoms with Gasteiger partial charge in [-0.1, -0.05) is 18.2 Å². The van der Waals surface area contributed by atoms with Crippen molar-refractivity contribution in [1.82, 2.24) is 10.2 Å². The number of carbonyl (C=O) groups is 3. The maximum Gasteiger partial charge on any atom is 0.331 e. The first kappa shape index (κ1) is 23.3. The van der Waals surface area contributed by atoms with Gasteiger partial charge in [-0.15, -0.1) is 0 Å². The Hall–Kier alpha value is -3.01. The lowest BCUT2D eigenvalue weighted by Crippen LogP contribution is -2.64. The Morgan fingerprint density at radius 2 is 1.97 bits per heavy atom. The average molecular weight is 421 g/mol. The molecule has 0 aliphatic carbocycles. The van der Waals surface area contributed by atoms with Crippen LogP contribution in [0.3, 0.4) is 0 Å². The molecule has 164 valence electrons. The molecule has 1 aliphatic heterocycles.